The molecular formula is C22H30N4O3. The summed E-state index contributed by atoms with van der Waals surface area (Å²) in [6.45, 7) is 7.04. The molecule has 1 aliphatic rings. The van der Waals surface area contributed by atoms with Crippen molar-refractivity contribution < 1.29 is 13.9 Å². The third-order valence-electron chi connectivity index (χ3n) is 4.93. The molecule has 1 atom stereocenters. The van der Waals surface area contributed by atoms with Gasteiger partial charge in [0, 0.05) is 39.8 Å². The quantitative estimate of drug-likeness (QED) is 0.573. The van der Waals surface area contributed by atoms with Gasteiger partial charge in [-0.05, 0) is 23.6 Å². The van der Waals surface area contributed by atoms with Crippen molar-refractivity contribution >= 4 is 11.9 Å². The second kappa shape index (κ2) is 10.7. The zero-order valence-electron chi connectivity index (χ0n) is 17.2. The minimum absolute atomic E-state index is 0.0539. The molecule has 29 heavy (non-hydrogen) atoms. The van der Waals surface area contributed by atoms with E-state index in [0.29, 0.717) is 38.0 Å². The SMILES string of the molecule is CN=C(NCC(C)COCc1ccccc1)N1CCN(C(=O)c2ccco2)CC1. The fourth-order valence-electron chi connectivity index (χ4n) is 3.29. The minimum atomic E-state index is -0.0539. The van der Waals surface area contributed by atoms with Crippen LogP contribution in [-0.2, 0) is 11.3 Å². The van der Waals surface area contributed by atoms with Crippen LogP contribution in [0.4, 0.5) is 0 Å². The Kier molecular flexibility index (Phi) is 7.69. The molecule has 2 aromatic rings. The van der Waals surface area contributed by atoms with E-state index in [-0.39, 0.29) is 5.91 Å². The Bertz CT molecular complexity index is 769. The molecule has 1 saturated heterocycles. The minimum Gasteiger partial charge on any atom is -0.459 e. The van der Waals surface area contributed by atoms with E-state index in [1.54, 1.807) is 19.2 Å². The molecule has 156 valence electrons. The highest BCUT2D eigenvalue weighted by atomic mass is 16.5. The number of ether oxygens (including phenoxy) is 1. The molecule has 1 aliphatic heterocycles. The van der Waals surface area contributed by atoms with Crippen LogP contribution >= 0.6 is 0 Å². The van der Waals surface area contributed by atoms with E-state index in [1.165, 1.54) is 11.8 Å². The number of piperazine rings is 1. The lowest BCUT2D eigenvalue weighted by Gasteiger charge is -2.36. The maximum atomic E-state index is 12.4. The lowest BCUT2D eigenvalue weighted by Crippen LogP contribution is -2.54. The van der Waals surface area contributed by atoms with E-state index in [4.69, 9.17) is 9.15 Å². The van der Waals surface area contributed by atoms with E-state index in [0.717, 1.165) is 25.6 Å². The van der Waals surface area contributed by atoms with Gasteiger partial charge in [0.25, 0.3) is 5.91 Å². The van der Waals surface area contributed by atoms with E-state index in [9.17, 15) is 4.79 Å². The lowest BCUT2D eigenvalue weighted by atomic mass is 10.2. The van der Waals surface area contributed by atoms with E-state index in [1.807, 2.05) is 23.1 Å². The maximum absolute atomic E-state index is 12.4. The fraction of sp³-hybridized carbons (Fsp3) is 0.455. The highest BCUT2D eigenvalue weighted by molar-refractivity contribution is 5.91. The first-order valence-corrected chi connectivity index (χ1v) is 10.1. The molecule has 0 aliphatic carbocycles. The number of nitrogens with zero attached hydrogens (tertiary/aromatic N) is 3. The number of guanidine groups is 1. The average molecular weight is 399 g/mol. The van der Waals surface area contributed by atoms with Crippen LogP contribution in [0.5, 0.6) is 0 Å². The van der Waals surface area contributed by atoms with Crippen LogP contribution in [-0.4, -0.2) is 68.0 Å². The fourth-order valence-corrected chi connectivity index (χ4v) is 3.29. The van der Waals surface area contributed by atoms with Crippen molar-refractivity contribution in [3.63, 3.8) is 0 Å². The number of nitrogens with one attached hydrogen (secondary N) is 1. The Balaban J connectivity index is 1.37. The Morgan fingerprint density at radius 3 is 2.52 bits per heavy atom. The third-order valence-corrected chi connectivity index (χ3v) is 4.93. The number of hydrogen-bond donors (Lipinski definition) is 1. The number of aliphatic imine (C=N–C) groups is 1. The zero-order chi connectivity index (χ0) is 20.5. The molecule has 7 nitrogen and oxygen atoms in total. The summed E-state index contributed by atoms with van der Waals surface area (Å²) in [4.78, 5) is 20.8. The molecule has 0 spiro atoms. The van der Waals surface area contributed by atoms with E-state index < -0.39 is 0 Å². The standard InChI is InChI=1S/C22H30N4O3/c1-18(16-28-17-19-7-4-3-5-8-19)15-24-22(23-2)26-12-10-25(11-13-26)21(27)20-9-6-14-29-20/h3-9,14,18H,10-13,15-17H2,1-2H3,(H,23,24). The van der Waals surface area contributed by atoms with Crippen LogP contribution in [0.3, 0.4) is 0 Å². The molecule has 1 aromatic heterocycles. The number of amides is 1. The van der Waals surface area contributed by atoms with Gasteiger partial charge in [-0.2, -0.15) is 0 Å². The van der Waals surface area contributed by atoms with Crippen LogP contribution in [0.2, 0.25) is 0 Å². The Labute approximate surface area is 172 Å². The molecule has 1 N–H and O–H groups in total. The van der Waals surface area contributed by atoms with Gasteiger partial charge in [0.1, 0.15) is 0 Å². The summed E-state index contributed by atoms with van der Waals surface area (Å²) in [6.07, 6.45) is 1.53. The number of benzene rings is 1. The van der Waals surface area contributed by atoms with Crippen LogP contribution in [0, 0.1) is 5.92 Å². The highest BCUT2D eigenvalue weighted by Crippen LogP contribution is 2.10. The lowest BCUT2D eigenvalue weighted by molar-refractivity contribution is 0.0656. The molecule has 0 bridgehead atoms. The van der Waals surface area contributed by atoms with Gasteiger partial charge in [0.2, 0.25) is 0 Å². The van der Waals surface area contributed by atoms with Gasteiger partial charge < -0.3 is 24.3 Å². The van der Waals surface area contributed by atoms with Gasteiger partial charge in [-0.25, -0.2) is 0 Å². The Morgan fingerprint density at radius 2 is 1.86 bits per heavy atom. The number of furan rings is 1. The molecule has 1 fully saturated rings. The molecule has 2 heterocycles. The van der Waals surface area contributed by atoms with Crippen LogP contribution in [0.1, 0.15) is 23.0 Å². The van der Waals surface area contributed by atoms with Gasteiger partial charge >= 0.3 is 0 Å². The molecular weight excluding hydrogens is 368 g/mol. The summed E-state index contributed by atoms with van der Waals surface area (Å²) in [6, 6.07) is 13.6. The largest absolute Gasteiger partial charge is 0.459 e. The van der Waals surface area contributed by atoms with Crippen LogP contribution in [0.25, 0.3) is 0 Å². The van der Waals surface area contributed by atoms with Gasteiger partial charge in [0.15, 0.2) is 11.7 Å². The average Bonchev–Trinajstić information content (AvgIpc) is 3.30. The van der Waals surface area contributed by atoms with Crippen molar-refractivity contribution in [1.29, 1.82) is 0 Å². The van der Waals surface area contributed by atoms with Crippen LogP contribution in [0.15, 0.2) is 58.1 Å². The molecule has 1 amide bonds. The first-order valence-electron chi connectivity index (χ1n) is 10.1. The first-order chi connectivity index (χ1) is 14.2. The molecule has 3 rings (SSSR count). The van der Waals surface area contributed by atoms with Crippen molar-refractivity contribution in [2.75, 3.05) is 46.4 Å². The summed E-state index contributed by atoms with van der Waals surface area (Å²) in [5, 5.41) is 3.43. The number of carbonyl (C=O) groups excluding carboxylic acids is 1. The normalized spacial score (nSPS) is 16.0. The number of carbonyl (C=O) groups is 1. The second-order valence-electron chi connectivity index (χ2n) is 7.29. The maximum Gasteiger partial charge on any atom is 0.289 e. The molecule has 1 aromatic carbocycles. The van der Waals surface area contributed by atoms with Gasteiger partial charge in [-0.15, -0.1) is 0 Å². The van der Waals surface area contributed by atoms with Gasteiger partial charge in [0.05, 0.1) is 19.5 Å². The summed E-state index contributed by atoms with van der Waals surface area (Å²) in [5.74, 6) is 1.56. The molecule has 1 unspecified atom stereocenters. The van der Waals surface area contributed by atoms with Crippen molar-refractivity contribution in [3.8, 4) is 0 Å². The summed E-state index contributed by atoms with van der Waals surface area (Å²) in [7, 11) is 1.79. The number of rotatable bonds is 7. The second-order valence-corrected chi connectivity index (χ2v) is 7.29. The van der Waals surface area contributed by atoms with Crippen molar-refractivity contribution in [1.82, 2.24) is 15.1 Å². The van der Waals surface area contributed by atoms with Gasteiger partial charge in [-0.3, -0.25) is 9.79 Å². The zero-order valence-corrected chi connectivity index (χ0v) is 17.2. The van der Waals surface area contributed by atoms with Gasteiger partial charge in [-0.1, -0.05) is 37.3 Å². The summed E-state index contributed by atoms with van der Waals surface area (Å²) < 4.78 is 11.0. The smallest absolute Gasteiger partial charge is 0.289 e. The van der Waals surface area contributed by atoms with Crippen molar-refractivity contribution in [3.05, 3.63) is 60.1 Å². The molecule has 0 saturated carbocycles. The third kappa shape index (κ3) is 6.09. The topological polar surface area (TPSA) is 70.3 Å². The molecule has 7 heteroatoms. The number of hydrogen-bond acceptors (Lipinski definition) is 4. The van der Waals surface area contributed by atoms with Crippen LogP contribution < -0.4 is 5.32 Å². The monoisotopic (exact) mass is 398 g/mol. The van der Waals surface area contributed by atoms with E-state index >= 15 is 0 Å². The van der Waals surface area contributed by atoms with E-state index in [2.05, 4.69) is 34.3 Å². The Morgan fingerprint density at radius 1 is 1.14 bits per heavy atom. The first kappa shape index (κ1) is 20.9. The van der Waals surface area contributed by atoms with Crippen molar-refractivity contribution in [2.45, 2.75) is 13.5 Å². The highest BCUT2D eigenvalue weighted by Gasteiger charge is 2.25. The predicted molar refractivity (Wildman–Crippen MR) is 113 cm³/mol. The summed E-state index contributed by atoms with van der Waals surface area (Å²) in [5.41, 5.74) is 1.19. The molecule has 0 radical (unpaired) electrons. The summed E-state index contributed by atoms with van der Waals surface area (Å²) >= 11 is 0. The predicted octanol–water partition coefficient (Wildman–Crippen LogP) is 2.47. The Hall–Kier alpha value is -2.80. The van der Waals surface area contributed by atoms with Crippen molar-refractivity contribution in [2.24, 2.45) is 10.9 Å².